The smallest absolute Gasteiger partial charge is 0.382 e. The summed E-state index contributed by atoms with van der Waals surface area (Å²) < 4.78 is 67.1. The topological polar surface area (TPSA) is 99.0 Å². The van der Waals surface area contributed by atoms with E-state index in [0.29, 0.717) is 19.4 Å². The van der Waals surface area contributed by atoms with Crippen LogP contribution in [-0.4, -0.2) is 80.2 Å². The van der Waals surface area contributed by atoms with Crippen LogP contribution in [0.2, 0.25) is 0 Å². The van der Waals surface area contributed by atoms with Crippen molar-refractivity contribution in [2.45, 2.75) is 32.0 Å². The molecule has 0 spiro atoms. The Morgan fingerprint density at radius 3 is 2.21 bits per heavy atom. The fourth-order valence-corrected chi connectivity index (χ4v) is 6.40. The van der Waals surface area contributed by atoms with Crippen molar-refractivity contribution in [2.24, 2.45) is 0 Å². The minimum atomic E-state index is -4.86. The number of anilines is 2. The van der Waals surface area contributed by atoms with Crippen molar-refractivity contribution in [3.8, 4) is 0 Å². The lowest BCUT2D eigenvalue weighted by Crippen LogP contribution is -2.49. The van der Waals surface area contributed by atoms with Crippen LogP contribution >= 0.6 is 0 Å². The number of nitrogens with zero attached hydrogens (tertiary/aromatic N) is 4. The number of benzene rings is 2. The number of hydrogen-bond donors (Lipinski definition) is 1. The first-order chi connectivity index (χ1) is 17.9. The molecule has 0 aliphatic carbocycles. The lowest BCUT2D eigenvalue weighted by molar-refractivity contribution is -0.388. The van der Waals surface area contributed by atoms with Crippen molar-refractivity contribution < 1.29 is 26.5 Å². The molecule has 4 rings (SSSR count). The van der Waals surface area contributed by atoms with Crippen molar-refractivity contribution >= 4 is 27.1 Å². The van der Waals surface area contributed by atoms with Gasteiger partial charge in [-0.05, 0) is 44.0 Å². The molecule has 0 bridgehead atoms. The average Bonchev–Trinajstić information content (AvgIpc) is 2.88. The van der Waals surface area contributed by atoms with Crippen LogP contribution in [0.15, 0.2) is 42.5 Å². The summed E-state index contributed by atoms with van der Waals surface area (Å²) in [7, 11) is -3.46. The Balaban J connectivity index is 1.24. The molecule has 0 atom stereocenters. The maximum Gasteiger partial charge on any atom is 0.423 e. The maximum atomic E-state index is 13.3. The zero-order valence-corrected chi connectivity index (χ0v) is 22.0. The van der Waals surface area contributed by atoms with Gasteiger partial charge in [0.15, 0.2) is 0 Å². The second-order valence-electron chi connectivity index (χ2n) is 9.78. The number of halogens is 3. The van der Waals surface area contributed by atoms with E-state index in [-0.39, 0.29) is 30.6 Å². The largest absolute Gasteiger partial charge is 0.423 e. The summed E-state index contributed by atoms with van der Waals surface area (Å²) >= 11 is 0. The summed E-state index contributed by atoms with van der Waals surface area (Å²) in [6.07, 6.45) is -4.01. The molecule has 9 nitrogen and oxygen atoms in total. The quantitative estimate of drug-likeness (QED) is 0.389. The van der Waals surface area contributed by atoms with Crippen LogP contribution < -0.4 is 10.2 Å². The van der Waals surface area contributed by atoms with Crippen molar-refractivity contribution in [1.82, 2.24) is 9.21 Å². The summed E-state index contributed by atoms with van der Waals surface area (Å²) in [5, 5.41) is 13.9. The van der Waals surface area contributed by atoms with Gasteiger partial charge in [0.25, 0.3) is 5.69 Å². The van der Waals surface area contributed by atoms with Gasteiger partial charge in [-0.1, -0.05) is 17.7 Å². The van der Waals surface area contributed by atoms with Crippen LogP contribution in [0, 0.1) is 17.0 Å². The minimum Gasteiger partial charge on any atom is -0.382 e. The summed E-state index contributed by atoms with van der Waals surface area (Å²) in [6, 6.07) is 11.0. The first kappa shape index (κ1) is 28.1. The van der Waals surface area contributed by atoms with Gasteiger partial charge < -0.3 is 10.2 Å². The Morgan fingerprint density at radius 2 is 1.63 bits per heavy atom. The SMILES string of the molecule is Cc1ccc(N2CCN(CCS(=O)(=O)N3CCC(Nc4ccc([N+](=O)[O-])c(C(F)(F)F)c4)CC3)CC2)cc1. The Kier molecular flexibility index (Phi) is 8.48. The highest BCUT2D eigenvalue weighted by atomic mass is 32.2. The molecule has 0 amide bonds. The third kappa shape index (κ3) is 6.94. The van der Waals surface area contributed by atoms with Crippen LogP contribution in [0.1, 0.15) is 24.0 Å². The number of hydrogen-bond acceptors (Lipinski definition) is 7. The number of nitrogens with one attached hydrogen (secondary N) is 1. The number of nitro groups is 1. The fourth-order valence-electron chi connectivity index (χ4n) is 4.88. The van der Waals surface area contributed by atoms with Gasteiger partial charge in [0.1, 0.15) is 5.56 Å². The zero-order valence-electron chi connectivity index (χ0n) is 21.2. The van der Waals surface area contributed by atoms with Gasteiger partial charge in [-0.25, -0.2) is 12.7 Å². The molecule has 1 N–H and O–H groups in total. The van der Waals surface area contributed by atoms with Gasteiger partial charge in [0.2, 0.25) is 10.0 Å². The van der Waals surface area contributed by atoms with E-state index < -0.39 is 32.4 Å². The van der Waals surface area contributed by atoms with Gasteiger partial charge in [0.05, 0.1) is 10.7 Å². The fraction of sp³-hybridized carbons (Fsp3) is 0.520. The summed E-state index contributed by atoms with van der Waals surface area (Å²) in [4.78, 5) is 14.4. The Bertz CT molecular complexity index is 1220. The molecule has 13 heteroatoms. The number of piperazine rings is 1. The number of piperidine rings is 1. The number of aryl methyl sites for hydroxylation is 1. The highest BCUT2D eigenvalue weighted by Gasteiger charge is 2.38. The van der Waals surface area contributed by atoms with E-state index in [1.807, 2.05) is 6.92 Å². The molecule has 0 unspecified atom stereocenters. The normalized spacial score (nSPS) is 18.5. The summed E-state index contributed by atoms with van der Waals surface area (Å²) in [5.41, 5.74) is 0.184. The average molecular weight is 556 g/mol. The standard InChI is InChI=1S/C25H32F3N5O4S/c1-19-2-5-22(6-3-19)31-14-12-30(13-15-31)16-17-38(36,37)32-10-8-20(9-11-32)29-21-4-7-24(33(34)35)23(18-21)25(26,27)28/h2-7,18,20,29H,8-17H2,1H3. The second kappa shape index (κ2) is 11.5. The molecule has 0 saturated carbocycles. The van der Waals surface area contributed by atoms with Gasteiger partial charge in [-0.3, -0.25) is 15.0 Å². The van der Waals surface area contributed by atoms with Gasteiger partial charge in [-0.15, -0.1) is 0 Å². The van der Waals surface area contributed by atoms with Crippen LogP contribution in [0.3, 0.4) is 0 Å². The first-order valence-corrected chi connectivity index (χ1v) is 14.2. The molecule has 0 aromatic heterocycles. The molecule has 2 heterocycles. The van der Waals surface area contributed by atoms with Gasteiger partial charge >= 0.3 is 6.18 Å². The highest BCUT2D eigenvalue weighted by molar-refractivity contribution is 7.89. The maximum absolute atomic E-state index is 13.3. The molecule has 0 radical (unpaired) electrons. The number of alkyl halides is 3. The van der Waals surface area contributed by atoms with Crippen LogP contribution in [0.5, 0.6) is 0 Å². The predicted molar refractivity (Wildman–Crippen MR) is 140 cm³/mol. The van der Waals surface area contributed by atoms with Crippen molar-refractivity contribution in [3.05, 3.63) is 63.7 Å². The Labute approximate surface area is 220 Å². The zero-order chi connectivity index (χ0) is 27.5. The predicted octanol–water partition coefficient (Wildman–Crippen LogP) is 3.95. The van der Waals surface area contributed by atoms with Crippen molar-refractivity contribution in [1.29, 1.82) is 0 Å². The molecule has 2 aromatic rings. The van der Waals surface area contributed by atoms with E-state index in [1.165, 1.54) is 21.6 Å². The second-order valence-corrected chi connectivity index (χ2v) is 11.9. The molecular formula is C25H32F3N5O4S. The Morgan fingerprint density at radius 1 is 1.00 bits per heavy atom. The van der Waals surface area contributed by atoms with E-state index in [0.717, 1.165) is 38.3 Å². The first-order valence-electron chi connectivity index (χ1n) is 12.6. The third-order valence-electron chi connectivity index (χ3n) is 7.15. The highest BCUT2D eigenvalue weighted by Crippen LogP contribution is 2.38. The molecule has 38 heavy (non-hydrogen) atoms. The lowest BCUT2D eigenvalue weighted by Gasteiger charge is -2.37. The monoisotopic (exact) mass is 555 g/mol. The minimum absolute atomic E-state index is 0.0208. The summed E-state index contributed by atoms with van der Waals surface area (Å²) in [5.74, 6) is 0.0208. The van der Waals surface area contributed by atoms with Crippen LogP contribution in [0.25, 0.3) is 0 Å². The number of sulfonamides is 1. The van der Waals surface area contributed by atoms with E-state index in [1.54, 1.807) is 0 Å². The molecule has 2 fully saturated rings. The summed E-state index contributed by atoms with van der Waals surface area (Å²) in [6.45, 7) is 6.26. The van der Waals surface area contributed by atoms with Crippen molar-refractivity contribution in [2.75, 3.05) is 61.8 Å². The van der Waals surface area contributed by atoms with Crippen LogP contribution in [-0.2, 0) is 16.2 Å². The molecule has 2 aromatic carbocycles. The van der Waals surface area contributed by atoms with Crippen LogP contribution in [0.4, 0.5) is 30.2 Å². The molecule has 2 aliphatic rings. The number of nitro benzene ring substituents is 1. The lowest BCUT2D eigenvalue weighted by atomic mass is 10.1. The van der Waals surface area contributed by atoms with E-state index >= 15 is 0 Å². The molecular weight excluding hydrogens is 523 g/mol. The molecule has 2 aliphatic heterocycles. The van der Waals surface area contributed by atoms with E-state index in [9.17, 15) is 31.7 Å². The number of rotatable bonds is 8. The molecule has 2 saturated heterocycles. The van der Waals surface area contributed by atoms with Crippen molar-refractivity contribution in [3.63, 3.8) is 0 Å². The van der Waals surface area contributed by atoms with Gasteiger partial charge in [-0.2, -0.15) is 13.2 Å². The Hall–Kier alpha value is -2.90. The third-order valence-corrected chi connectivity index (χ3v) is 9.00. The van der Waals surface area contributed by atoms with Gasteiger partial charge in [0, 0.05) is 69.3 Å². The van der Waals surface area contributed by atoms with E-state index in [4.69, 9.17) is 0 Å². The molecule has 208 valence electrons. The van der Waals surface area contributed by atoms with E-state index in [2.05, 4.69) is 39.4 Å².